The molecule has 0 spiro atoms. The van der Waals surface area contributed by atoms with Gasteiger partial charge in [-0.2, -0.15) is 0 Å². The van der Waals surface area contributed by atoms with Gasteiger partial charge in [-0.15, -0.1) is 10.2 Å². The van der Waals surface area contributed by atoms with E-state index in [-0.39, 0.29) is 17.9 Å². The Hall–Kier alpha value is -3.27. The second-order valence-corrected chi connectivity index (χ2v) is 12.3. The minimum Gasteiger partial charge on any atom is -0.497 e. The van der Waals surface area contributed by atoms with E-state index >= 15 is 0 Å². The molecule has 1 aromatic carbocycles. The molecule has 1 atom stereocenters. The standard InChI is InChI=1S/C33H47N5O4S/c1-4-5-6-7-8-9-10-16-31(40)37-22-21-36(25-26(37)2)30(39)15-11-12-24-43-33-35-34-32(29-14-13-23-42-29)38(33)27-17-19-28(41-3)20-18-27/h13-14,17-20,23,26H,4-12,15-16,21-22,24-25H2,1-3H3. The van der Waals surface area contributed by atoms with Crippen LogP contribution in [-0.2, 0) is 9.59 Å². The summed E-state index contributed by atoms with van der Waals surface area (Å²) in [6.45, 7) is 6.18. The summed E-state index contributed by atoms with van der Waals surface area (Å²) >= 11 is 1.62. The molecule has 1 saturated heterocycles. The van der Waals surface area contributed by atoms with E-state index in [0.29, 0.717) is 44.1 Å². The van der Waals surface area contributed by atoms with Crippen molar-refractivity contribution in [1.82, 2.24) is 24.6 Å². The Balaban J connectivity index is 1.19. The number of furan rings is 1. The molecule has 234 valence electrons. The van der Waals surface area contributed by atoms with E-state index in [2.05, 4.69) is 24.0 Å². The van der Waals surface area contributed by atoms with E-state index in [1.54, 1.807) is 25.1 Å². The molecule has 10 heteroatoms. The van der Waals surface area contributed by atoms with Gasteiger partial charge in [-0.25, -0.2) is 0 Å². The normalized spacial score (nSPS) is 15.2. The van der Waals surface area contributed by atoms with Crippen LogP contribution in [-0.4, -0.2) is 74.9 Å². The number of thioether (sulfide) groups is 1. The van der Waals surface area contributed by atoms with Crippen LogP contribution in [0.5, 0.6) is 5.75 Å². The van der Waals surface area contributed by atoms with E-state index in [1.807, 2.05) is 50.8 Å². The SMILES string of the molecule is CCCCCCCCCC(=O)N1CCN(C(=O)CCCCSc2nnc(-c3ccco3)n2-c2ccc(OC)cc2)CC1C. The van der Waals surface area contributed by atoms with Crippen LogP contribution >= 0.6 is 11.8 Å². The number of methoxy groups -OCH3 is 1. The van der Waals surface area contributed by atoms with Crippen LogP contribution in [0.4, 0.5) is 0 Å². The van der Waals surface area contributed by atoms with Crippen LogP contribution in [0.3, 0.4) is 0 Å². The van der Waals surface area contributed by atoms with Gasteiger partial charge in [-0.05, 0) is 62.6 Å². The number of rotatable bonds is 17. The maximum Gasteiger partial charge on any atom is 0.222 e. The number of carbonyl (C=O) groups excluding carboxylic acids is 2. The van der Waals surface area contributed by atoms with Crippen molar-refractivity contribution < 1.29 is 18.7 Å². The zero-order valence-corrected chi connectivity index (χ0v) is 26.8. The van der Waals surface area contributed by atoms with Gasteiger partial charge in [0.05, 0.1) is 19.1 Å². The lowest BCUT2D eigenvalue weighted by Gasteiger charge is -2.40. The van der Waals surface area contributed by atoms with Crippen molar-refractivity contribution >= 4 is 23.6 Å². The molecule has 0 saturated carbocycles. The average Bonchev–Trinajstić information content (AvgIpc) is 3.71. The van der Waals surface area contributed by atoms with Gasteiger partial charge in [-0.1, -0.05) is 57.2 Å². The number of benzene rings is 1. The first-order chi connectivity index (χ1) is 21.0. The van der Waals surface area contributed by atoms with Gasteiger partial charge in [0, 0.05) is 44.3 Å². The molecule has 3 heterocycles. The van der Waals surface area contributed by atoms with Gasteiger partial charge < -0.3 is 19.0 Å². The summed E-state index contributed by atoms with van der Waals surface area (Å²) in [5.74, 6) is 3.30. The van der Waals surface area contributed by atoms with E-state index < -0.39 is 0 Å². The summed E-state index contributed by atoms with van der Waals surface area (Å²) in [7, 11) is 1.65. The van der Waals surface area contributed by atoms with Gasteiger partial charge in [0.2, 0.25) is 17.6 Å². The Morgan fingerprint density at radius 2 is 1.65 bits per heavy atom. The fourth-order valence-corrected chi connectivity index (χ4v) is 6.47. The summed E-state index contributed by atoms with van der Waals surface area (Å²) in [6.07, 6.45) is 12.9. The molecule has 1 aliphatic rings. The highest BCUT2D eigenvalue weighted by atomic mass is 32.2. The number of unbranched alkanes of at least 4 members (excludes halogenated alkanes) is 7. The number of nitrogens with zero attached hydrogens (tertiary/aromatic N) is 5. The van der Waals surface area contributed by atoms with Crippen molar-refractivity contribution in [3.63, 3.8) is 0 Å². The predicted molar refractivity (Wildman–Crippen MR) is 171 cm³/mol. The number of hydrogen-bond donors (Lipinski definition) is 0. The first-order valence-corrected chi connectivity index (χ1v) is 16.8. The Labute approximate surface area is 260 Å². The van der Waals surface area contributed by atoms with E-state index in [0.717, 1.165) is 48.0 Å². The van der Waals surface area contributed by atoms with Crippen molar-refractivity contribution in [2.75, 3.05) is 32.5 Å². The molecule has 2 aromatic heterocycles. The molecule has 0 bridgehead atoms. The average molecular weight is 610 g/mol. The summed E-state index contributed by atoms with van der Waals surface area (Å²) in [5.41, 5.74) is 0.920. The zero-order valence-electron chi connectivity index (χ0n) is 26.0. The molecule has 4 rings (SSSR count). The van der Waals surface area contributed by atoms with Crippen LogP contribution in [0.2, 0.25) is 0 Å². The minimum atomic E-state index is 0.0676. The van der Waals surface area contributed by atoms with Crippen molar-refractivity contribution in [3.8, 4) is 23.0 Å². The number of piperazine rings is 1. The third-order valence-electron chi connectivity index (χ3n) is 8.02. The molecule has 1 aliphatic heterocycles. The van der Waals surface area contributed by atoms with E-state index in [9.17, 15) is 9.59 Å². The molecule has 0 radical (unpaired) electrons. The van der Waals surface area contributed by atoms with Gasteiger partial charge >= 0.3 is 0 Å². The summed E-state index contributed by atoms with van der Waals surface area (Å²) in [4.78, 5) is 29.7. The molecule has 0 N–H and O–H groups in total. The lowest BCUT2D eigenvalue weighted by molar-refractivity contribution is -0.142. The van der Waals surface area contributed by atoms with Crippen LogP contribution in [0.1, 0.15) is 84.5 Å². The summed E-state index contributed by atoms with van der Waals surface area (Å²) in [6, 6.07) is 11.5. The van der Waals surface area contributed by atoms with Crippen molar-refractivity contribution in [2.24, 2.45) is 0 Å². The molecule has 1 fully saturated rings. The number of carbonyl (C=O) groups is 2. The second-order valence-electron chi connectivity index (χ2n) is 11.3. The molecule has 3 aromatic rings. The third kappa shape index (κ3) is 9.36. The van der Waals surface area contributed by atoms with Gasteiger partial charge in [-0.3, -0.25) is 14.2 Å². The van der Waals surface area contributed by atoms with Gasteiger partial charge in [0.25, 0.3) is 0 Å². The molecule has 0 aliphatic carbocycles. The second kappa shape index (κ2) is 17.1. The van der Waals surface area contributed by atoms with Crippen LogP contribution in [0, 0.1) is 0 Å². The van der Waals surface area contributed by atoms with Crippen molar-refractivity contribution in [3.05, 3.63) is 42.7 Å². The number of aromatic nitrogens is 3. The van der Waals surface area contributed by atoms with E-state index in [1.165, 1.54) is 32.1 Å². The number of ether oxygens (including phenoxy) is 1. The highest BCUT2D eigenvalue weighted by Crippen LogP contribution is 2.29. The Morgan fingerprint density at radius 1 is 0.930 bits per heavy atom. The first-order valence-electron chi connectivity index (χ1n) is 15.9. The predicted octanol–water partition coefficient (Wildman–Crippen LogP) is 7.00. The summed E-state index contributed by atoms with van der Waals surface area (Å²) < 4.78 is 12.9. The molecule has 1 unspecified atom stereocenters. The van der Waals surface area contributed by atoms with Crippen LogP contribution < -0.4 is 4.74 Å². The first kappa shape index (κ1) is 32.6. The maximum absolute atomic E-state index is 13.0. The van der Waals surface area contributed by atoms with Gasteiger partial charge in [0.15, 0.2) is 10.9 Å². The van der Waals surface area contributed by atoms with Crippen molar-refractivity contribution in [2.45, 2.75) is 95.7 Å². The quantitative estimate of drug-likeness (QED) is 0.120. The smallest absolute Gasteiger partial charge is 0.222 e. The number of hydrogen-bond acceptors (Lipinski definition) is 7. The number of amides is 2. The largest absolute Gasteiger partial charge is 0.497 e. The lowest BCUT2D eigenvalue weighted by atomic mass is 10.1. The van der Waals surface area contributed by atoms with Gasteiger partial charge in [0.1, 0.15) is 5.75 Å². The molecular formula is C33H47N5O4S. The summed E-state index contributed by atoms with van der Waals surface area (Å²) in [5, 5.41) is 9.62. The van der Waals surface area contributed by atoms with Crippen LogP contribution in [0.15, 0.2) is 52.2 Å². The molecular weight excluding hydrogens is 562 g/mol. The minimum absolute atomic E-state index is 0.0676. The Morgan fingerprint density at radius 3 is 2.35 bits per heavy atom. The molecule has 43 heavy (non-hydrogen) atoms. The highest BCUT2D eigenvalue weighted by molar-refractivity contribution is 7.99. The topological polar surface area (TPSA) is 93.7 Å². The lowest BCUT2D eigenvalue weighted by Crippen LogP contribution is -2.55. The maximum atomic E-state index is 13.0. The van der Waals surface area contributed by atoms with Crippen molar-refractivity contribution in [1.29, 1.82) is 0 Å². The van der Waals surface area contributed by atoms with Crippen LogP contribution in [0.25, 0.3) is 17.3 Å². The Kier molecular flexibility index (Phi) is 13.0. The fraction of sp³-hybridized carbons (Fsp3) is 0.576. The fourth-order valence-electron chi connectivity index (χ4n) is 5.52. The monoisotopic (exact) mass is 609 g/mol. The van der Waals surface area contributed by atoms with E-state index in [4.69, 9.17) is 9.15 Å². The third-order valence-corrected chi connectivity index (χ3v) is 9.03. The molecule has 2 amide bonds. The molecule has 9 nitrogen and oxygen atoms in total. The highest BCUT2D eigenvalue weighted by Gasteiger charge is 2.29. The zero-order chi connectivity index (χ0) is 30.4. The Bertz CT molecular complexity index is 1260.